The number of nitrogens with one attached hydrogen (secondary N) is 4. The number of aliphatic hydroxyl groups is 3. The number of allylic oxidation sites excluding steroid dienone is 2. The van der Waals surface area contributed by atoms with E-state index in [0.717, 1.165) is 113 Å². The van der Waals surface area contributed by atoms with Crippen LogP contribution in [0, 0.1) is 23.7 Å². The molecular weight excluding hydrogens is 1800 g/mol. The molecule has 6 heterocycles. The van der Waals surface area contributed by atoms with E-state index in [9.17, 15) is 73.2 Å². The number of ether oxygens (including phenoxy) is 8. The number of carboxylic acids is 3. The quantitative estimate of drug-likeness (QED) is 0.00575. The van der Waals surface area contributed by atoms with E-state index >= 15 is 0 Å². The third kappa shape index (κ3) is 40.2. The molecule has 4 aromatic carbocycles. The summed E-state index contributed by atoms with van der Waals surface area (Å²) in [5.74, 6) is -4.74. The van der Waals surface area contributed by atoms with Gasteiger partial charge in [-0.25, -0.2) is 28.3 Å². The van der Waals surface area contributed by atoms with Crippen LogP contribution < -0.4 is 55.8 Å². The summed E-state index contributed by atoms with van der Waals surface area (Å²) in [6, 6.07) is 31.7. The van der Waals surface area contributed by atoms with E-state index in [-0.39, 0.29) is 73.0 Å². The number of ketones is 2. The summed E-state index contributed by atoms with van der Waals surface area (Å²) >= 11 is 0. The zero-order valence-electron chi connectivity index (χ0n) is 81.0. The third-order valence-electron chi connectivity index (χ3n) is 22.7. The number of amides is 6. The molecule has 4 fully saturated rings. The third-order valence-corrected chi connectivity index (χ3v) is 22.7. The first-order chi connectivity index (χ1) is 65.4. The summed E-state index contributed by atoms with van der Waals surface area (Å²) in [4.78, 5) is 160. The SMILES string of the molecule is C.CC(=O)[O-].CC(=O)[O-].CC(C)(C)OC(=O)Nc1cccc(C(=O)N2CCC(CCCCCC(=O)/C=C/c3ccc[n+](Cc4ccc(O[C@@H]5O[C@H](C(=O)O)[C@@H](O)[C@H](O)[C@H]5O)c(NC(=O)CCN)c4)c3)CC2)c1.CCCC(=O)Nc1cc(C[n+]2cccc(/C=C/C(=O)CCCCCC3CCN(C(=O)c4cccc(NC(=O)OC(C)(C)C)c4)CC3)c2)ccc1O[C@@H]1O[C@H](C(=O)OC)[C@@H](OC(C)=O)[C@H](C)[C@H]1C. The largest absolute Gasteiger partial charge is 0.550 e. The Morgan fingerprint density at radius 3 is 1.35 bits per heavy atom. The standard InChI is InChI=1S/C52H68N4O11.C46H59N5O12.2C2H4O2.CH4/c1-9-15-45(59)54-43-30-39(22-24-44(43)65-50-35(3)34(2)46(64-36(4)57)47(66-50)49(61)63-8)33-55-27-14-17-38(32-55)21-23-42(58)20-12-10-11-16-37-25-28-56(29-26-37)48(60)40-18-13-19-41(31-40)53-51(62)67-52(5,6)7;1-46(2,3)63-45(60)48-33-12-7-11-32(26-33)42(57)51-23-19-29(20-24-51)9-5-4-6-13-34(52)16-14-30-10-8-22-50(27-30)28-31-15-17-36(35(25-31)49-37(53)18-21-47)61-44-40(56)38(54)39(55)41(62-44)43(58)59;2*1-2(3)4;/h13-14,17-19,21-24,27,30-32,34-35,37,46-47,50H,9-12,15-16,20,25-26,28-29,33H2,1-8H3,(H-,53,54,59,62);7-8,10-12,14-17,22,25-27,29,38-41,44,54-56H,4-6,9,13,18-21,23-24,28,47H2,1-3H3,(H2-,48,49,53,58,59,60);2*1H3,(H,3,4);1H4/b23-21+;16-14+;;;/t34-,35-,46+,47+,50-;38-,39-,40+,41-,44+;;;/m10.../s1. The van der Waals surface area contributed by atoms with Crippen LogP contribution in [0.5, 0.6) is 11.5 Å². The second-order valence-corrected chi connectivity index (χ2v) is 36.5. The summed E-state index contributed by atoms with van der Waals surface area (Å²) in [5.41, 5.74) is 10.3. The van der Waals surface area contributed by atoms with Crippen molar-refractivity contribution in [2.45, 2.75) is 273 Å². The van der Waals surface area contributed by atoms with E-state index < -0.39 is 108 Å². The number of piperidine rings is 2. The minimum atomic E-state index is -1.89. The minimum Gasteiger partial charge on any atom is -0.550 e. The maximum atomic E-state index is 13.3. The van der Waals surface area contributed by atoms with Crippen molar-refractivity contribution in [1.29, 1.82) is 0 Å². The number of pyridine rings is 2. The Bertz CT molecular complexity index is 5150. The van der Waals surface area contributed by atoms with Crippen LogP contribution in [0.25, 0.3) is 12.2 Å². The number of nitrogens with zero attached hydrogens (tertiary/aromatic N) is 4. The molecule has 758 valence electrons. The van der Waals surface area contributed by atoms with Gasteiger partial charge in [-0.15, -0.1) is 0 Å². The molecule has 36 heteroatoms. The highest BCUT2D eigenvalue weighted by molar-refractivity contribution is 5.98. The van der Waals surface area contributed by atoms with Crippen molar-refractivity contribution in [1.82, 2.24) is 9.80 Å². The normalized spacial score (nSPS) is 19.3. The van der Waals surface area contributed by atoms with Gasteiger partial charge in [-0.2, -0.15) is 0 Å². The van der Waals surface area contributed by atoms with Gasteiger partial charge in [0.15, 0.2) is 61.7 Å². The molecule has 0 spiro atoms. The number of carbonyl (C=O) groups is 13. The number of unbranched alkanes of at least 4 members (excludes halogenated alkanes) is 4. The number of aliphatic hydroxyl groups excluding tert-OH is 3. The molecule has 4 aliphatic rings. The van der Waals surface area contributed by atoms with Crippen LogP contribution in [0.4, 0.5) is 32.3 Å². The lowest BCUT2D eigenvalue weighted by molar-refractivity contribution is -0.688. The topological polar surface area (TPSA) is 511 Å². The zero-order valence-corrected chi connectivity index (χ0v) is 81.0. The van der Waals surface area contributed by atoms with Crippen LogP contribution in [0.1, 0.15) is 243 Å². The van der Waals surface area contributed by atoms with E-state index in [1.165, 1.54) is 20.1 Å². The minimum absolute atomic E-state index is 0. The van der Waals surface area contributed by atoms with Gasteiger partial charge in [0.25, 0.3) is 11.8 Å². The van der Waals surface area contributed by atoms with Gasteiger partial charge in [0.2, 0.25) is 24.4 Å². The van der Waals surface area contributed by atoms with E-state index in [0.29, 0.717) is 111 Å². The first-order valence-electron chi connectivity index (χ1n) is 46.6. The second-order valence-electron chi connectivity index (χ2n) is 36.5. The van der Waals surface area contributed by atoms with Crippen LogP contribution in [-0.2, 0) is 84.7 Å². The lowest BCUT2D eigenvalue weighted by Crippen LogP contribution is -2.61. The van der Waals surface area contributed by atoms with Crippen LogP contribution in [-0.4, -0.2) is 208 Å². The number of methoxy groups -OCH3 is 1. The Morgan fingerprint density at radius 2 is 0.950 bits per heavy atom. The van der Waals surface area contributed by atoms with Gasteiger partial charge in [-0.05, 0) is 221 Å². The molecule has 10 atom stereocenters. The molecule has 4 aliphatic heterocycles. The monoisotopic (exact) mass is 1930 g/mol. The molecule has 0 aliphatic carbocycles. The van der Waals surface area contributed by atoms with Crippen molar-refractivity contribution >= 4 is 112 Å². The molecule has 0 unspecified atom stereocenters. The summed E-state index contributed by atoms with van der Waals surface area (Å²) in [7, 11) is 1.24. The van der Waals surface area contributed by atoms with Crippen LogP contribution in [0.15, 0.2) is 146 Å². The van der Waals surface area contributed by atoms with Gasteiger partial charge in [0.05, 0.1) is 18.5 Å². The van der Waals surface area contributed by atoms with Gasteiger partial charge in [0.1, 0.15) is 47.1 Å². The van der Waals surface area contributed by atoms with Crippen molar-refractivity contribution in [3.63, 3.8) is 0 Å². The molecule has 4 saturated heterocycles. The van der Waals surface area contributed by atoms with Crippen molar-refractivity contribution in [2.24, 2.45) is 29.4 Å². The second kappa shape index (κ2) is 56.9. The Hall–Kier alpha value is -12.9. The van der Waals surface area contributed by atoms with Crippen molar-refractivity contribution in [2.75, 3.05) is 61.1 Å². The highest BCUT2D eigenvalue weighted by atomic mass is 16.7. The first-order valence-corrected chi connectivity index (χ1v) is 46.6. The number of aliphatic carboxylic acids is 3. The molecule has 0 saturated carbocycles. The highest BCUT2D eigenvalue weighted by Crippen LogP contribution is 2.39. The van der Waals surface area contributed by atoms with Gasteiger partial charge in [-0.1, -0.05) is 78.9 Å². The summed E-state index contributed by atoms with van der Waals surface area (Å²) in [6.07, 6.45) is 14.4. The molecule has 10 rings (SSSR count). The first kappa shape index (κ1) is 115. The number of esters is 2. The fourth-order valence-electron chi connectivity index (χ4n) is 15.7. The zero-order chi connectivity index (χ0) is 102. The molecule has 2 aromatic heterocycles. The number of nitrogens with two attached hydrogens (primary N) is 1. The van der Waals surface area contributed by atoms with Gasteiger partial charge in [-0.3, -0.25) is 44.2 Å². The van der Waals surface area contributed by atoms with E-state index in [1.54, 1.807) is 127 Å². The fraction of sp³-hybridized carbons (Fsp3) is 0.505. The lowest BCUT2D eigenvalue weighted by Gasteiger charge is -2.42. The maximum Gasteiger partial charge on any atom is 0.412 e. The number of hydrogen-bond acceptors (Lipinski definition) is 27. The van der Waals surface area contributed by atoms with Gasteiger partial charge in [0, 0.05) is 146 Å². The number of aromatic nitrogens is 2. The number of hydrogen-bond donors (Lipinski definition) is 9. The number of benzene rings is 4. The van der Waals surface area contributed by atoms with Gasteiger partial charge < -0.3 is 104 Å². The predicted octanol–water partition coefficient (Wildman–Crippen LogP) is 10.8. The molecule has 36 nitrogen and oxygen atoms in total. The Kier molecular flexibility index (Phi) is 47.0. The van der Waals surface area contributed by atoms with E-state index in [4.69, 9.17) is 63.4 Å². The van der Waals surface area contributed by atoms with Crippen molar-refractivity contribution < 1.29 is 140 Å². The van der Waals surface area contributed by atoms with Crippen molar-refractivity contribution in [3.8, 4) is 11.5 Å². The Labute approximate surface area is 812 Å². The van der Waals surface area contributed by atoms with Crippen LogP contribution >= 0.6 is 0 Å². The van der Waals surface area contributed by atoms with Crippen LogP contribution in [0.2, 0.25) is 0 Å². The average Bonchev–Trinajstić information content (AvgIpc) is 0.784. The predicted molar refractivity (Wildman–Crippen MR) is 513 cm³/mol. The molecule has 0 bridgehead atoms. The number of rotatable bonds is 37. The maximum absolute atomic E-state index is 13.3. The smallest absolute Gasteiger partial charge is 0.412 e. The summed E-state index contributed by atoms with van der Waals surface area (Å²) < 4.78 is 48.4. The Balaban J connectivity index is 0.000000393. The van der Waals surface area contributed by atoms with Gasteiger partial charge >= 0.3 is 30.1 Å². The Morgan fingerprint density at radius 1 is 0.525 bits per heavy atom. The number of likely N-dealkylation sites (tertiary alicyclic amines) is 2. The molecule has 10 N–H and O–H groups in total. The fourth-order valence-corrected chi connectivity index (χ4v) is 15.7. The number of carbonyl (C=O) groups excluding carboxylic acids is 12. The molecular formula is C103H139N9O27. The molecule has 6 amide bonds. The lowest BCUT2D eigenvalue weighted by atomic mass is 9.84. The number of carboxylic acid groups (broad SMARTS) is 3. The molecule has 139 heavy (non-hydrogen) atoms. The van der Waals surface area contributed by atoms with Crippen LogP contribution in [0.3, 0.4) is 0 Å². The summed E-state index contributed by atoms with van der Waals surface area (Å²) in [6.45, 7) is 23.3. The highest BCUT2D eigenvalue weighted by Gasteiger charge is 2.50. The average molecular weight is 1940 g/mol. The molecule has 0 radical (unpaired) electrons. The molecule has 6 aromatic rings. The van der Waals surface area contributed by atoms with E-state index in [1.807, 2.05) is 107 Å². The number of anilines is 4. The summed E-state index contributed by atoms with van der Waals surface area (Å²) in [5, 5.41) is 69.0. The van der Waals surface area contributed by atoms with Crippen molar-refractivity contribution in [3.05, 3.63) is 180 Å². The van der Waals surface area contributed by atoms with E-state index in [2.05, 4.69) is 21.3 Å².